The van der Waals surface area contributed by atoms with E-state index < -0.39 is 4.92 Å². The Kier molecular flexibility index (Phi) is 13.1. The summed E-state index contributed by atoms with van der Waals surface area (Å²) in [5, 5.41) is 42.8. The molecule has 3 aliphatic rings. The number of benzene rings is 14. The summed E-state index contributed by atoms with van der Waals surface area (Å²) < 4.78 is 13.4. The van der Waals surface area contributed by atoms with E-state index in [2.05, 4.69) is 247 Å². The second kappa shape index (κ2) is 20.8. The molecule has 14 aromatic carbocycles. The third-order valence-electron chi connectivity index (χ3n) is 20.0. The third kappa shape index (κ3) is 8.63. The van der Waals surface area contributed by atoms with Crippen molar-refractivity contribution in [1.82, 2.24) is 0 Å². The van der Waals surface area contributed by atoms with Crippen LogP contribution in [0.25, 0.3) is 120 Å². The number of para-hydroxylation sites is 2. The topological polar surface area (TPSA) is 105 Å². The summed E-state index contributed by atoms with van der Waals surface area (Å²) in [4.78, 5) is 21.3. The van der Waals surface area contributed by atoms with Crippen molar-refractivity contribution in [2.75, 3.05) is 0 Å². The van der Waals surface area contributed by atoms with Crippen LogP contribution in [0.4, 0.5) is 11.4 Å². The van der Waals surface area contributed by atoms with Crippen LogP contribution in [0.3, 0.4) is 0 Å². The van der Waals surface area contributed by atoms with E-state index in [1.54, 1.807) is 30.3 Å². The van der Waals surface area contributed by atoms with Crippen molar-refractivity contribution < 1.29 is 19.2 Å². The lowest BCUT2D eigenvalue weighted by atomic mass is 9.75. The normalized spacial score (nSPS) is 15.4. The zero-order valence-electron chi connectivity index (χ0n) is 51.2. The molecule has 0 unspecified atom stereocenters. The fourth-order valence-corrected chi connectivity index (χ4v) is 15.5. The van der Waals surface area contributed by atoms with Crippen LogP contribution in [0.2, 0.25) is 0 Å². The monoisotopic (exact) mass is 1240 g/mol. The maximum absolute atomic E-state index is 11.8. The molecular weight excluding hydrogens is 1180 g/mol. The first-order chi connectivity index (χ1) is 43.2. The van der Waals surface area contributed by atoms with E-state index in [1.165, 1.54) is 131 Å². The lowest BCUT2D eigenvalue weighted by molar-refractivity contribution is -0.385. The smallest absolute Gasteiger partial charge is 0.399 e. The predicted octanol–water partition coefficient (Wildman–Crippen LogP) is 21.4. The van der Waals surface area contributed by atoms with Crippen molar-refractivity contribution in [2.24, 2.45) is 0 Å². The molecule has 10 heteroatoms. The molecule has 0 spiro atoms. The van der Waals surface area contributed by atoms with Crippen molar-refractivity contribution in [3.05, 3.63) is 277 Å². The third-order valence-corrected chi connectivity index (χ3v) is 20.7. The van der Waals surface area contributed by atoms with Crippen LogP contribution < -0.4 is 5.46 Å². The Balaban J connectivity index is 0.000000130. The largest absolute Gasteiger partial charge is 0.494 e. The van der Waals surface area contributed by atoms with Crippen molar-refractivity contribution in [3.63, 3.8) is 0 Å². The van der Waals surface area contributed by atoms with E-state index in [0.29, 0.717) is 10.0 Å². The fraction of sp³-hybridized carbons (Fsp3) is 0.150. The number of halogens is 1. The molecule has 17 rings (SSSR count). The summed E-state index contributed by atoms with van der Waals surface area (Å²) in [5.41, 5.74) is 12.0. The number of nitrogens with zero attached hydrogens (tertiary/aromatic N) is 2. The Morgan fingerprint density at radius 1 is 0.356 bits per heavy atom. The van der Waals surface area contributed by atoms with Crippen molar-refractivity contribution >= 4 is 126 Å². The molecule has 1 heterocycles. The van der Waals surface area contributed by atoms with Gasteiger partial charge in [-0.05, 0) is 204 Å². The molecule has 8 nitrogen and oxygen atoms in total. The highest BCUT2D eigenvalue weighted by Gasteiger charge is 2.52. The molecule has 0 amide bonds. The first kappa shape index (κ1) is 56.9. The molecule has 0 aromatic heterocycles. The number of hydrogen-bond donors (Lipinski definition) is 0. The maximum Gasteiger partial charge on any atom is 0.494 e. The molecule has 2 aliphatic carbocycles. The maximum atomic E-state index is 11.8. The zero-order valence-corrected chi connectivity index (χ0v) is 52.8. The zero-order chi connectivity index (χ0) is 62.3. The Labute approximate surface area is 530 Å². The van der Waals surface area contributed by atoms with E-state index in [0.717, 1.165) is 16.6 Å². The van der Waals surface area contributed by atoms with Crippen molar-refractivity contribution in [1.29, 1.82) is 0 Å². The summed E-state index contributed by atoms with van der Waals surface area (Å²) in [5.74, 6) is 0. The minimum absolute atomic E-state index is 0.0995. The summed E-state index contributed by atoms with van der Waals surface area (Å²) in [6.07, 6.45) is 0. The van der Waals surface area contributed by atoms with Gasteiger partial charge in [0, 0.05) is 23.0 Å². The fourth-order valence-electron chi connectivity index (χ4n) is 15.1. The summed E-state index contributed by atoms with van der Waals surface area (Å²) in [7, 11) is -0.376. The van der Waals surface area contributed by atoms with Gasteiger partial charge in [-0.2, -0.15) is 0 Å². The van der Waals surface area contributed by atoms with Crippen LogP contribution in [0.5, 0.6) is 0 Å². The molecule has 1 saturated heterocycles. The van der Waals surface area contributed by atoms with Gasteiger partial charge >= 0.3 is 7.12 Å². The standard InChI is InChI=1S/C37H33BO2.C37H25NO2.C6H4BrNO2/c1-35(2)31-20-16-23(38-39-36(3,4)37(5,6)40-38)21-30(31)28-18-19-29-32-24-12-8-7-11-22(24)15-17-27(32)25-13-9-10-14-26(25)33(29)34(28)35;1-37(2)32-20-16-23(24-10-7-8-14-33(24)38(39)40)21-31(32)29-18-19-30-34-25-11-4-3-9-22(25)15-17-28(34)26-12-5-6-13-27(26)35(30)36(29)37;7-5-3-1-2-4-6(5)8(9)10/h7-21H,1-6H3;3-21H,1-2H3;1-4H. The molecule has 90 heavy (non-hydrogen) atoms. The SMILES string of the molecule is CC1(C)c2ccc(-c3ccccc3[N+](=O)[O-])cc2-c2ccc3c(c21)c1ccccc1c1ccc2ccccc2c13.CC1(C)c2ccc(B3OC(C)(C)C(C)(C)O3)cc2-c2ccc3c(c21)c1ccccc1c1ccc2ccccc2c13.O=[N+]([O-])c1ccccc1Br. The highest BCUT2D eigenvalue weighted by molar-refractivity contribution is 9.10. The Morgan fingerprint density at radius 2 is 0.756 bits per heavy atom. The van der Waals surface area contributed by atoms with Crippen LogP contribution in [0.1, 0.15) is 77.6 Å². The summed E-state index contributed by atoms with van der Waals surface area (Å²) in [6.45, 7) is 17.8. The quantitative estimate of drug-likeness (QED) is 0.0752. The molecule has 0 radical (unpaired) electrons. The lowest BCUT2D eigenvalue weighted by Crippen LogP contribution is -2.41. The average molecular weight is 1240 g/mol. The number of rotatable bonds is 4. The van der Waals surface area contributed by atoms with Gasteiger partial charge in [-0.15, -0.1) is 0 Å². The molecule has 0 atom stereocenters. The van der Waals surface area contributed by atoms with E-state index in [1.807, 2.05) is 18.2 Å². The van der Waals surface area contributed by atoms with Gasteiger partial charge in [-0.3, -0.25) is 20.2 Å². The van der Waals surface area contributed by atoms with Crippen LogP contribution in [-0.2, 0) is 20.1 Å². The van der Waals surface area contributed by atoms with Gasteiger partial charge in [-0.25, -0.2) is 0 Å². The van der Waals surface area contributed by atoms with E-state index in [-0.39, 0.29) is 45.4 Å². The molecule has 14 aromatic rings. The van der Waals surface area contributed by atoms with E-state index in [9.17, 15) is 20.2 Å². The first-order valence-electron chi connectivity index (χ1n) is 30.6. The molecule has 1 fully saturated rings. The molecule has 1 aliphatic heterocycles. The molecule has 0 saturated carbocycles. The van der Waals surface area contributed by atoms with Gasteiger partial charge in [0.2, 0.25) is 0 Å². The van der Waals surface area contributed by atoms with Crippen molar-refractivity contribution in [2.45, 2.75) is 77.4 Å². The Morgan fingerprint density at radius 3 is 1.24 bits per heavy atom. The molecular formula is C80H62BBrN2O6. The number of hydrogen-bond acceptors (Lipinski definition) is 6. The van der Waals surface area contributed by atoms with Crippen LogP contribution >= 0.6 is 15.9 Å². The second-order valence-electron chi connectivity index (χ2n) is 26.2. The van der Waals surface area contributed by atoms with Gasteiger partial charge in [-0.1, -0.05) is 228 Å². The Bertz CT molecular complexity index is 5420. The minimum atomic E-state index is -0.427. The predicted molar refractivity (Wildman–Crippen MR) is 377 cm³/mol. The van der Waals surface area contributed by atoms with Crippen molar-refractivity contribution in [3.8, 4) is 33.4 Å². The van der Waals surface area contributed by atoms with Gasteiger partial charge in [0.05, 0.1) is 31.1 Å². The average Bonchev–Trinajstić information content (AvgIpc) is 1.43. The summed E-state index contributed by atoms with van der Waals surface area (Å²) in [6, 6.07) is 80.1. The van der Waals surface area contributed by atoms with Crippen LogP contribution in [-0.4, -0.2) is 28.2 Å². The lowest BCUT2D eigenvalue weighted by Gasteiger charge is -2.32. The minimum Gasteiger partial charge on any atom is -0.399 e. The van der Waals surface area contributed by atoms with Gasteiger partial charge in [0.1, 0.15) is 0 Å². The molecule has 0 bridgehead atoms. The number of fused-ring (bicyclic) bond motifs is 24. The van der Waals surface area contributed by atoms with Gasteiger partial charge < -0.3 is 9.31 Å². The summed E-state index contributed by atoms with van der Waals surface area (Å²) >= 11 is 3.06. The van der Waals surface area contributed by atoms with E-state index in [4.69, 9.17) is 9.31 Å². The van der Waals surface area contributed by atoms with Crippen LogP contribution in [0, 0.1) is 20.2 Å². The van der Waals surface area contributed by atoms with Gasteiger partial charge in [0.25, 0.3) is 11.4 Å². The van der Waals surface area contributed by atoms with Gasteiger partial charge in [0.15, 0.2) is 0 Å². The highest BCUT2D eigenvalue weighted by atomic mass is 79.9. The molecule has 0 N–H and O–H groups in total. The Hall–Kier alpha value is -9.58. The molecule has 438 valence electrons. The van der Waals surface area contributed by atoms with E-state index >= 15 is 0 Å². The number of nitro groups is 2. The first-order valence-corrected chi connectivity index (χ1v) is 31.4. The van der Waals surface area contributed by atoms with Crippen LogP contribution in [0.15, 0.2) is 235 Å². The second-order valence-corrected chi connectivity index (χ2v) is 27.1. The number of nitro benzene ring substituents is 2. The highest BCUT2D eigenvalue weighted by Crippen LogP contribution is 2.57.